The van der Waals surface area contributed by atoms with E-state index in [1.807, 2.05) is 24.3 Å². The van der Waals surface area contributed by atoms with Crippen LogP contribution in [0.25, 0.3) is 22.0 Å². The van der Waals surface area contributed by atoms with Crippen molar-refractivity contribution < 1.29 is 37.4 Å². The number of halogens is 2. The first-order valence-electron chi connectivity index (χ1n) is 15.7. The smallest absolute Gasteiger partial charge is 0.408 e. The molecule has 1 atom stereocenters. The third kappa shape index (κ3) is 8.65. The highest BCUT2D eigenvalue weighted by molar-refractivity contribution is 6.06. The molecule has 13 heteroatoms. The minimum atomic E-state index is -1.27. The van der Waals surface area contributed by atoms with E-state index in [1.165, 1.54) is 0 Å². The number of anilines is 1. The zero-order valence-corrected chi connectivity index (χ0v) is 28.2. The monoisotopic (exact) mass is 675 g/mol. The van der Waals surface area contributed by atoms with E-state index >= 15 is 0 Å². The number of alkyl carbamates (subject to hydrolysis) is 1. The van der Waals surface area contributed by atoms with E-state index in [4.69, 9.17) is 19.9 Å². The Morgan fingerprint density at radius 1 is 0.918 bits per heavy atom. The number of hydrogen-bond acceptors (Lipinski definition) is 9. The Labute approximate surface area is 282 Å². The van der Waals surface area contributed by atoms with Crippen molar-refractivity contribution in [3.05, 3.63) is 88.6 Å². The Hall–Kier alpha value is -5.17. The molecule has 0 bridgehead atoms. The zero-order valence-electron chi connectivity index (χ0n) is 28.2. The van der Waals surface area contributed by atoms with Crippen LogP contribution in [0.3, 0.4) is 0 Å². The summed E-state index contributed by atoms with van der Waals surface area (Å²) in [5.41, 5.74) is 7.68. The van der Waals surface area contributed by atoms with Gasteiger partial charge in [-0.05, 0) is 88.1 Å². The molecule has 1 aliphatic rings. The number of carbonyl (C=O) groups excluding carboxylic acids is 3. The fourth-order valence-electron chi connectivity index (χ4n) is 5.28. The molecule has 0 saturated heterocycles. The molecule has 49 heavy (non-hydrogen) atoms. The minimum absolute atomic E-state index is 0.0580. The highest BCUT2D eigenvalue weighted by Gasteiger charge is 2.29. The number of nitrogens with zero attached hydrogens (tertiary/aromatic N) is 3. The standard InChI is InChI=1S/C36H39F2N5O6/c1-35(2,3)48-19-29(41-34(46)49-36(4,5)6)32(45)47-18-23-14-26(37)27(38)15-24(23)20-11-12-28-25(13-20)30(42-33(39)40-28)31(44)43-16-21-9-7-8-10-22(21)17-43/h7-15,29H,16-19H2,1-6H3,(H,41,46)(H2,39,40,42)/t29-/m1/s1. The molecule has 3 aromatic carbocycles. The summed E-state index contributed by atoms with van der Waals surface area (Å²) in [7, 11) is 0. The average molecular weight is 676 g/mol. The van der Waals surface area contributed by atoms with E-state index in [0.29, 0.717) is 29.6 Å². The minimum Gasteiger partial charge on any atom is -0.459 e. The van der Waals surface area contributed by atoms with Crippen LogP contribution in [0.1, 0.15) is 68.7 Å². The lowest BCUT2D eigenvalue weighted by Crippen LogP contribution is -2.48. The quantitative estimate of drug-likeness (QED) is 0.213. The molecule has 0 saturated carbocycles. The molecule has 2 amide bonds. The van der Waals surface area contributed by atoms with Gasteiger partial charge in [-0.2, -0.15) is 0 Å². The van der Waals surface area contributed by atoms with Gasteiger partial charge in [0.05, 0.1) is 17.7 Å². The van der Waals surface area contributed by atoms with Crippen molar-refractivity contribution >= 4 is 34.8 Å². The van der Waals surface area contributed by atoms with Crippen molar-refractivity contribution in [1.82, 2.24) is 20.2 Å². The van der Waals surface area contributed by atoms with Gasteiger partial charge < -0.3 is 30.2 Å². The molecule has 1 aliphatic heterocycles. The van der Waals surface area contributed by atoms with Crippen molar-refractivity contribution in [3.63, 3.8) is 0 Å². The first kappa shape index (κ1) is 35.1. The molecule has 5 rings (SSSR count). The molecular formula is C36H39F2N5O6. The van der Waals surface area contributed by atoms with E-state index in [2.05, 4.69) is 15.3 Å². The van der Waals surface area contributed by atoms with Gasteiger partial charge in [0.1, 0.15) is 17.9 Å². The van der Waals surface area contributed by atoms with Crippen molar-refractivity contribution in [2.75, 3.05) is 12.3 Å². The summed E-state index contributed by atoms with van der Waals surface area (Å²) in [6, 6.07) is 13.2. The van der Waals surface area contributed by atoms with Gasteiger partial charge in [-0.1, -0.05) is 30.3 Å². The van der Waals surface area contributed by atoms with E-state index in [0.717, 1.165) is 23.3 Å². The number of benzene rings is 3. The number of aromatic nitrogens is 2. The second-order valence-electron chi connectivity index (χ2n) is 13.7. The highest BCUT2D eigenvalue weighted by atomic mass is 19.2. The van der Waals surface area contributed by atoms with Crippen LogP contribution >= 0.6 is 0 Å². The van der Waals surface area contributed by atoms with E-state index < -0.39 is 47.5 Å². The molecule has 11 nitrogen and oxygen atoms in total. The van der Waals surface area contributed by atoms with Crippen LogP contribution in [0.2, 0.25) is 0 Å². The van der Waals surface area contributed by atoms with Gasteiger partial charge in [-0.15, -0.1) is 0 Å². The Balaban J connectivity index is 1.44. The Kier molecular flexibility index (Phi) is 9.86. The summed E-state index contributed by atoms with van der Waals surface area (Å²) in [6.07, 6.45) is -0.859. The fraction of sp³-hybridized carbons (Fsp3) is 0.361. The Morgan fingerprint density at radius 3 is 2.20 bits per heavy atom. The van der Waals surface area contributed by atoms with Gasteiger partial charge in [0, 0.05) is 24.0 Å². The predicted octanol–water partition coefficient (Wildman–Crippen LogP) is 6.06. The van der Waals surface area contributed by atoms with E-state index in [9.17, 15) is 23.2 Å². The normalized spacial score (nSPS) is 13.6. The van der Waals surface area contributed by atoms with E-state index in [-0.39, 0.29) is 35.3 Å². The summed E-state index contributed by atoms with van der Waals surface area (Å²) in [5, 5.41) is 2.81. The summed E-state index contributed by atoms with van der Waals surface area (Å²) >= 11 is 0. The number of esters is 1. The maximum absolute atomic E-state index is 14.7. The van der Waals surface area contributed by atoms with Crippen LogP contribution in [0, 0.1) is 11.6 Å². The molecule has 1 aromatic heterocycles. The molecule has 0 radical (unpaired) electrons. The second-order valence-corrected chi connectivity index (χ2v) is 13.7. The van der Waals surface area contributed by atoms with Crippen molar-refractivity contribution in [1.29, 1.82) is 0 Å². The third-order valence-corrected chi connectivity index (χ3v) is 7.53. The lowest BCUT2D eigenvalue weighted by molar-refractivity contribution is -0.150. The fourth-order valence-corrected chi connectivity index (χ4v) is 5.28. The van der Waals surface area contributed by atoms with Crippen molar-refractivity contribution in [2.24, 2.45) is 0 Å². The molecule has 4 aromatic rings. The second kappa shape index (κ2) is 13.7. The molecule has 0 spiro atoms. The number of amides is 2. The SMILES string of the molecule is CC(C)(C)OC[C@@H](NC(=O)OC(C)(C)C)C(=O)OCc1cc(F)c(F)cc1-c1ccc2nc(N)nc(C(=O)N3Cc4ccccc4C3)c2c1. The number of fused-ring (bicyclic) bond motifs is 2. The predicted molar refractivity (Wildman–Crippen MR) is 178 cm³/mol. The number of nitrogens with two attached hydrogens (primary N) is 1. The Bertz CT molecular complexity index is 1900. The molecule has 3 N–H and O–H groups in total. The number of rotatable bonds is 8. The molecule has 0 fully saturated rings. The summed E-state index contributed by atoms with van der Waals surface area (Å²) in [5.74, 6) is -3.63. The van der Waals surface area contributed by atoms with Gasteiger partial charge in [0.2, 0.25) is 5.95 Å². The van der Waals surface area contributed by atoms with Crippen LogP contribution in [-0.2, 0) is 38.7 Å². The van der Waals surface area contributed by atoms with Gasteiger partial charge in [-0.25, -0.2) is 28.3 Å². The summed E-state index contributed by atoms with van der Waals surface area (Å²) in [6.45, 7) is 10.4. The first-order valence-corrected chi connectivity index (χ1v) is 15.7. The van der Waals surface area contributed by atoms with Gasteiger partial charge in [0.25, 0.3) is 5.91 Å². The average Bonchev–Trinajstić information content (AvgIpc) is 3.45. The van der Waals surface area contributed by atoms with Crippen LogP contribution < -0.4 is 11.1 Å². The summed E-state index contributed by atoms with van der Waals surface area (Å²) in [4.78, 5) is 49.7. The van der Waals surface area contributed by atoms with Gasteiger partial charge in [0.15, 0.2) is 17.7 Å². The maximum atomic E-state index is 14.7. The largest absolute Gasteiger partial charge is 0.459 e. The molecular weight excluding hydrogens is 636 g/mol. The van der Waals surface area contributed by atoms with Crippen molar-refractivity contribution in [3.8, 4) is 11.1 Å². The zero-order chi connectivity index (χ0) is 35.7. The number of ether oxygens (including phenoxy) is 3. The number of hydrogen-bond donors (Lipinski definition) is 2. The summed E-state index contributed by atoms with van der Waals surface area (Å²) < 4.78 is 45.8. The lowest BCUT2D eigenvalue weighted by Gasteiger charge is -2.26. The molecule has 0 unspecified atom stereocenters. The molecule has 258 valence electrons. The van der Waals surface area contributed by atoms with Crippen LogP contribution in [0.4, 0.5) is 19.5 Å². The topological polar surface area (TPSA) is 146 Å². The first-order chi connectivity index (χ1) is 23.0. The van der Waals surface area contributed by atoms with Crippen molar-refractivity contribution in [2.45, 2.75) is 78.5 Å². The third-order valence-electron chi connectivity index (χ3n) is 7.53. The maximum Gasteiger partial charge on any atom is 0.408 e. The van der Waals surface area contributed by atoms with Crippen LogP contribution in [0.15, 0.2) is 54.6 Å². The lowest BCUT2D eigenvalue weighted by atomic mass is 9.97. The van der Waals surface area contributed by atoms with E-state index in [1.54, 1.807) is 64.6 Å². The molecule has 0 aliphatic carbocycles. The Morgan fingerprint density at radius 2 is 1.57 bits per heavy atom. The molecule has 2 heterocycles. The van der Waals surface area contributed by atoms with Crippen LogP contribution in [0.5, 0.6) is 0 Å². The van der Waals surface area contributed by atoms with Gasteiger partial charge in [-0.3, -0.25) is 4.79 Å². The number of nitrogen functional groups attached to an aromatic ring is 1. The number of nitrogens with one attached hydrogen (secondary N) is 1. The number of carbonyl (C=O) groups is 3. The van der Waals surface area contributed by atoms with Crippen LogP contribution in [-0.4, -0.2) is 56.7 Å². The highest BCUT2D eigenvalue weighted by Crippen LogP contribution is 2.32. The van der Waals surface area contributed by atoms with Gasteiger partial charge >= 0.3 is 12.1 Å².